The first kappa shape index (κ1) is 18.1. The molecule has 0 atom stereocenters. The third kappa shape index (κ3) is 4.80. The molecule has 0 aliphatic rings. The minimum atomic E-state index is -0.967. The van der Waals surface area contributed by atoms with E-state index in [2.05, 4.69) is 20.1 Å². The van der Waals surface area contributed by atoms with Gasteiger partial charge in [-0.15, -0.1) is 0 Å². The van der Waals surface area contributed by atoms with Gasteiger partial charge in [0.25, 0.3) is 0 Å². The Labute approximate surface area is 133 Å². The maximum atomic E-state index is 11.9. The van der Waals surface area contributed by atoms with Crippen molar-refractivity contribution in [3.05, 3.63) is 29.3 Å². The number of rotatable bonds is 4. The lowest BCUT2D eigenvalue weighted by atomic mass is 10.1. The Balaban J connectivity index is 3.14. The Hall–Kier alpha value is -2.90. The minimum absolute atomic E-state index is 0.00542. The van der Waals surface area contributed by atoms with Crippen LogP contribution in [0.3, 0.4) is 0 Å². The summed E-state index contributed by atoms with van der Waals surface area (Å²) in [5.74, 6) is -3.20. The van der Waals surface area contributed by atoms with Gasteiger partial charge in [-0.3, -0.25) is 9.59 Å². The molecule has 1 rings (SSSR count). The first-order valence-corrected chi connectivity index (χ1v) is 6.72. The van der Waals surface area contributed by atoms with Crippen LogP contribution < -0.4 is 10.6 Å². The molecule has 23 heavy (non-hydrogen) atoms. The number of hydrogen-bond donors (Lipinski definition) is 2. The van der Waals surface area contributed by atoms with Crippen molar-refractivity contribution in [2.45, 2.75) is 19.9 Å². The second kappa shape index (κ2) is 7.92. The molecule has 0 heterocycles. The SMILES string of the molecule is COC(=O)c1ccc(C(=O)OC)c(NC(=O)C(=O)NC(C)C)c1. The van der Waals surface area contributed by atoms with E-state index < -0.39 is 23.8 Å². The highest BCUT2D eigenvalue weighted by atomic mass is 16.5. The summed E-state index contributed by atoms with van der Waals surface area (Å²) < 4.78 is 9.18. The number of esters is 2. The average molecular weight is 322 g/mol. The predicted octanol–water partition coefficient (Wildman–Crippen LogP) is 0.723. The molecule has 1 aromatic carbocycles. The van der Waals surface area contributed by atoms with Crippen molar-refractivity contribution in [3.8, 4) is 0 Å². The molecule has 0 spiro atoms. The summed E-state index contributed by atoms with van der Waals surface area (Å²) in [5.41, 5.74) is 0.0919. The summed E-state index contributed by atoms with van der Waals surface area (Å²) in [6, 6.07) is 3.66. The number of hydrogen-bond acceptors (Lipinski definition) is 6. The summed E-state index contributed by atoms with van der Waals surface area (Å²) >= 11 is 0. The van der Waals surface area contributed by atoms with Crippen LogP contribution in [0.4, 0.5) is 5.69 Å². The highest BCUT2D eigenvalue weighted by Crippen LogP contribution is 2.19. The quantitative estimate of drug-likeness (QED) is 0.624. The number of ether oxygens (including phenoxy) is 2. The van der Waals surface area contributed by atoms with Crippen LogP contribution in [-0.2, 0) is 19.1 Å². The molecule has 0 radical (unpaired) electrons. The van der Waals surface area contributed by atoms with E-state index in [1.165, 1.54) is 32.4 Å². The molecule has 0 aliphatic carbocycles. The van der Waals surface area contributed by atoms with Gasteiger partial charge in [-0.2, -0.15) is 0 Å². The largest absolute Gasteiger partial charge is 0.465 e. The van der Waals surface area contributed by atoms with Crippen LogP contribution in [-0.4, -0.2) is 44.0 Å². The number of nitrogens with one attached hydrogen (secondary N) is 2. The fourth-order valence-electron chi connectivity index (χ4n) is 1.69. The third-order valence-corrected chi connectivity index (χ3v) is 2.72. The number of benzene rings is 1. The molecule has 8 nitrogen and oxygen atoms in total. The second-order valence-corrected chi connectivity index (χ2v) is 4.83. The summed E-state index contributed by atoms with van der Waals surface area (Å²) in [6.07, 6.45) is 0. The molecule has 0 aromatic heterocycles. The molecule has 0 fully saturated rings. The first-order valence-electron chi connectivity index (χ1n) is 6.72. The Morgan fingerprint density at radius 1 is 0.957 bits per heavy atom. The van der Waals surface area contributed by atoms with Gasteiger partial charge in [0.1, 0.15) is 0 Å². The Morgan fingerprint density at radius 3 is 2.09 bits per heavy atom. The first-order chi connectivity index (χ1) is 10.8. The number of carbonyl (C=O) groups is 4. The van der Waals surface area contributed by atoms with Crippen molar-refractivity contribution < 1.29 is 28.7 Å². The Kier molecular flexibility index (Phi) is 6.25. The molecular formula is C15H18N2O6. The summed E-state index contributed by atoms with van der Waals surface area (Å²) in [7, 11) is 2.37. The zero-order chi connectivity index (χ0) is 17.6. The van der Waals surface area contributed by atoms with Gasteiger partial charge in [0.15, 0.2) is 0 Å². The zero-order valence-corrected chi connectivity index (χ0v) is 13.3. The van der Waals surface area contributed by atoms with Crippen LogP contribution in [0.1, 0.15) is 34.6 Å². The number of methoxy groups -OCH3 is 2. The van der Waals surface area contributed by atoms with Crippen LogP contribution in [0.5, 0.6) is 0 Å². The van der Waals surface area contributed by atoms with Crippen LogP contribution in [0.25, 0.3) is 0 Å². The molecule has 124 valence electrons. The summed E-state index contributed by atoms with van der Waals surface area (Å²) in [6.45, 7) is 3.39. The minimum Gasteiger partial charge on any atom is -0.465 e. The monoisotopic (exact) mass is 322 g/mol. The van der Waals surface area contributed by atoms with Crippen molar-refractivity contribution in [1.82, 2.24) is 5.32 Å². The van der Waals surface area contributed by atoms with Crippen molar-refractivity contribution in [1.29, 1.82) is 0 Å². The van der Waals surface area contributed by atoms with E-state index in [0.717, 1.165) is 0 Å². The van der Waals surface area contributed by atoms with E-state index in [9.17, 15) is 19.2 Å². The molecule has 0 saturated heterocycles. The zero-order valence-electron chi connectivity index (χ0n) is 13.3. The highest BCUT2D eigenvalue weighted by molar-refractivity contribution is 6.40. The van der Waals surface area contributed by atoms with Gasteiger partial charge in [-0.25, -0.2) is 9.59 Å². The van der Waals surface area contributed by atoms with E-state index in [4.69, 9.17) is 0 Å². The van der Waals surface area contributed by atoms with Crippen LogP contribution >= 0.6 is 0 Å². The van der Waals surface area contributed by atoms with Crippen LogP contribution in [0, 0.1) is 0 Å². The third-order valence-electron chi connectivity index (χ3n) is 2.72. The molecule has 2 N–H and O–H groups in total. The van der Waals surface area contributed by atoms with Gasteiger partial charge >= 0.3 is 23.8 Å². The fourth-order valence-corrected chi connectivity index (χ4v) is 1.69. The number of carbonyl (C=O) groups excluding carboxylic acids is 4. The molecule has 8 heteroatoms. The average Bonchev–Trinajstić information content (AvgIpc) is 2.52. The van der Waals surface area contributed by atoms with Crippen molar-refractivity contribution in [3.63, 3.8) is 0 Å². The lowest BCUT2D eigenvalue weighted by Crippen LogP contribution is -2.39. The lowest BCUT2D eigenvalue weighted by Gasteiger charge is -2.12. The standard InChI is InChI=1S/C15H18N2O6/c1-8(2)16-12(18)13(19)17-11-7-9(14(20)22-3)5-6-10(11)15(21)23-4/h5-8H,1-4H3,(H,16,18)(H,17,19). The van der Waals surface area contributed by atoms with E-state index in [1.54, 1.807) is 13.8 Å². The maximum Gasteiger partial charge on any atom is 0.339 e. The van der Waals surface area contributed by atoms with Crippen molar-refractivity contribution >= 4 is 29.4 Å². The van der Waals surface area contributed by atoms with E-state index in [-0.39, 0.29) is 22.9 Å². The molecule has 2 amide bonds. The molecule has 0 bridgehead atoms. The Morgan fingerprint density at radius 2 is 1.57 bits per heavy atom. The van der Waals surface area contributed by atoms with Gasteiger partial charge in [0, 0.05) is 6.04 Å². The summed E-state index contributed by atoms with van der Waals surface area (Å²) in [4.78, 5) is 46.8. The molecular weight excluding hydrogens is 304 g/mol. The number of amides is 2. The second-order valence-electron chi connectivity index (χ2n) is 4.83. The fraction of sp³-hybridized carbons (Fsp3) is 0.333. The van der Waals surface area contributed by atoms with Crippen molar-refractivity contribution in [2.24, 2.45) is 0 Å². The van der Waals surface area contributed by atoms with E-state index in [1.807, 2.05) is 0 Å². The smallest absolute Gasteiger partial charge is 0.339 e. The normalized spacial score (nSPS) is 9.96. The Bertz CT molecular complexity index is 639. The van der Waals surface area contributed by atoms with Gasteiger partial charge in [-0.1, -0.05) is 0 Å². The van der Waals surface area contributed by atoms with Gasteiger partial charge in [0.05, 0.1) is 31.0 Å². The van der Waals surface area contributed by atoms with E-state index in [0.29, 0.717) is 0 Å². The van der Waals surface area contributed by atoms with Crippen LogP contribution in [0.2, 0.25) is 0 Å². The van der Waals surface area contributed by atoms with Gasteiger partial charge < -0.3 is 20.1 Å². The number of anilines is 1. The highest BCUT2D eigenvalue weighted by Gasteiger charge is 2.20. The summed E-state index contributed by atoms with van der Waals surface area (Å²) in [5, 5.41) is 4.71. The van der Waals surface area contributed by atoms with Gasteiger partial charge in [0.2, 0.25) is 0 Å². The molecule has 0 aliphatic heterocycles. The molecule has 1 aromatic rings. The molecule has 0 saturated carbocycles. The topological polar surface area (TPSA) is 111 Å². The van der Waals surface area contributed by atoms with Gasteiger partial charge in [-0.05, 0) is 32.0 Å². The predicted molar refractivity (Wildman–Crippen MR) is 81.0 cm³/mol. The van der Waals surface area contributed by atoms with Crippen LogP contribution in [0.15, 0.2) is 18.2 Å². The lowest BCUT2D eigenvalue weighted by molar-refractivity contribution is -0.136. The van der Waals surface area contributed by atoms with Crippen molar-refractivity contribution in [2.75, 3.05) is 19.5 Å². The van der Waals surface area contributed by atoms with E-state index >= 15 is 0 Å². The molecule has 0 unspecified atom stereocenters. The maximum absolute atomic E-state index is 11.9.